The number of nitro groups is 1. The smallest absolute Gasteiger partial charge is 0.293 e. The summed E-state index contributed by atoms with van der Waals surface area (Å²) in [4.78, 5) is 25.3. The molecule has 0 aromatic heterocycles. The van der Waals surface area contributed by atoms with Crippen LogP contribution in [0.15, 0.2) is 65.6 Å². The molecule has 0 aliphatic carbocycles. The predicted molar refractivity (Wildman–Crippen MR) is 126 cm³/mol. The number of benzene rings is 3. The molecule has 172 valence electrons. The molecule has 0 radical (unpaired) electrons. The summed E-state index contributed by atoms with van der Waals surface area (Å²) < 4.78 is 27.6. The number of hydrogen-bond acceptors (Lipinski definition) is 6. The number of piperazine rings is 1. The molecule has 0 saturated carbocycles. The van der Waals surface area contributed by atoms with E-state index in [-0.39, 0.29) is 41.8 Å². The van der Waals surface area contributed by atoms with E-state index in [9.17, 15) is 23.3 Å². The Bertz CT molecular complexity index is 1320. The van der Waals surface area contributed by atoms with E-state index in [1.807, 2.05) is 29.2 Å². The van der Waals surface area contributed by atoms with Crippen LogP contribution in [0.1, 0.15) is 5.56 Å². The van der Waals surface area contributed by atoms with Crippen molar-refractivity contribution in [2.45, 2.75) is 11.8 Å². The quantitative estimate of drug-likeness (QED) is 0.440. The van der Waals surface area contributed by atoms with Crippen molar-refractivity contribution in [3.63, 3.8) is 0 Å². The lowest BCUT2D eigenvalue weighted by atomic mass is 10.1. The molecule has 3 aromatic rings. The number of nitrogens with one attached hydrogen (secondary N) is 1. The number of amides is 1. The first kappa shape index (κ1) is 22.8. The van der Waals surface area contributed by atoms with Crippen LogP contribution < -0.4 is 5.32 Å². The minimum Gasteiger partial charge on any atom is -0.319 e. The number of anilines is 1. The van der Waals surface area contributed by atoms with Crippen LogP contribution in [0.25, 0.3) is 10.8 Å². The molecular formula is C23H24N4O5S. The van der Waals surface area contributed by atoms with Gasteiger partial charge in [-0.15, -0.1) is 0 Å². The molecule has 10 heteroatoms. The number of fused-ring (bicyclic) bond motifs is 1. The van der Waals surface area contributed by atoms with Gasteiger partial charge in [-0.05, 0) is 35.4 Å². The number of rotatable bonds is 6. The predicted octanol–water partition coefficient (Wildman–Crippen LogP) is 3.00. The van der Waals surface area contributed by atoms with Gasteiger partial charge in [-0.3, -0.25) is 19.8 Å². The standard InChI is InChI=1S/C23H24N4O5S/c1-17-5-4-8-21(27(29)30)23(17)24-22(28)16-25-11-13-26(14-12-25)33(31,32)20-10-9-18-6-2-3-7-19(18)15-20/h2-10,15H,11-14,16H2,1H3,(H,24,28). The number of para-hydroxylation sites is 1. The normalized spacial score (nSPS) is 15.4. The van der Waals surface area contributed by atoms with Crippen molar-refractivity contribution in [1.29, 1.82) is 0 Å². The van der Waals surface area contributed by atoms with E-state index in [1.165, 1.54) is 10.4 Å². The minimum atomic E-state index is -3.64. The van der Waals surface area contributed by atoms with Crippen LogP contribution >= 0.6 is 0 Å². The molecular weight excluding hydrogens is 444 g/mol. The highest BCUT2D eigenvalue weighted by atomic mass is 32.2. The fourth-order valence-corrected chi connectivity index (χ4v) is 5.41. The maximum absolute atomic E-state index is 13.1. The number of hydrogen-bond donors (Lipinski definition) is 1. The van der Waals surface area contributed by atoms with Gasteiger partial charge in [-0.1, -0.05) is 42.5 Å². The van der Waals surface area contributed by atoms with Crippen molar-refractivity contribution in [2.24, 2.45) is 0 Å². The summed E-state index contributed by atoms with van der Waals surface area (Å²) in [5, 5.41) is 15.7. The summed E-state index contributed by atoms with van der Waals surface area (Å²) in [7, 11) is -3.64. The van der Waals surface area contributed by atoms with Crippen molar-refractivity contribution in [3.05, 3.63) is 76.3 Å². The van der Waals surface area contributed by atoms with Crippen molar-refractivity contribution in [2.75, 3.05) is 38.0 Å². The molecule has 1 saturated heterocycles. The fraction of sp³-hybridized carbons (Fsp3) is 0.261. The number of carbonyl (C=O) groups excluding carboxylic acids is 1. The third-order valence-corrected chi connectivity index (χ3v) is 7.66. The second-order valence-corrected chi connectivity index (χ2v) is 9.90. The molecule has 0 unspecified atom stereocenters. The third-order valence-electron chi connectivity index (χ3n) is 5.77. The summed E-state index contributed by atoms with van der Waals surface area (Å²) in [6.45, 7) is 3.00. The van der Waals surface area contributed by atoms with Crippen LogP contribution in [0.5, 0.6) is 0 Å². The lowest BCUT2D eigenvalue weighted by Gasteiger charge is -2.33. The van der Waals surface area contributed by atoms with Crippen LogP contribution in [0.4, 0.5) is 11.4 Å². The first-order valence-corrected chi connectivity index (χ1v) is 11.9. The first-order chi connectivity index (χ1) is 15.8. The molecule has 0 atom stereocenters. The molecule has 33 heavy (non-hydrogen) atoms. The lowest BCUT2D eigenvalue weighted by Crippen LogP contribution is -2.50. The van der Waals surface area contributed by atoms with E-state index in [0.717, 1.165) is 10.8 Å². The highest BCUT2D eigenvalue weighted by Gasteiger charge is 2.29. The van der Waals surface area contributed by atoms with Crippen LogP contribution in [-0.2, 0) is 14.8 Å². The average molecular weight is 469 g/mol. The Balaban J connectivity index is 1.39. The summed E-state index contributed by atoms with van der Waals surface area (Å²) in [6.07, 6.45) is 0. The summed E-state index contributed by atoms with van der Waals surface area (Å²) in [5.74, 6) is -0.377. The van der Waals surface area contributed by atoms with Gasteiger partial charge in [0.15, 0.2) is 0 Å². The van der Waals surface area contributed by atoms with Gasteiger partial charge in [0.1, 0.15) is 5.69 Å². The molecule has 1 aliphatic rings. The number of nitro benzene ring substituents is 1. The van der Waals surface area contributed by atoms with Gasteiger partial charge in [0.05, 0.1) is 16.4 Å². The molecule has 1 aliphatic heterocycles. The van der Waals surface area contributed by atoms with E-state index < -0.39 is 14.9 Å². The first-order valence-electron chi connectivity index (χ1n) is 10.5. The highest BCUT2D eigenvalue weighted by Crippen LogP contribution is 2.28. The number of sulfonamides is 1. The number of aryl methyl sites for hydroxylation is 1. The molecule has 1 heterocycles. The molecule has 1 N–H and O–H groups in total. The fourth-order valence-electron chi connectivity index (χ4n) is 3.95. The van der Waals surface area contributed by atoms with Crippen LogP contribution in [0.2, 0.25) is 0 Å². The Morgan fingerprint density at radius 1 is 1.00 bits per heavy atom. The zero-order valence-electron chi connectivity index (χ0n) is 18.1. The Morgan fingerprint density at radius 3 is 2.39 bits per heavy atom. The van der Waals surface area contributed by atoms with E-state index in [2.05, 4.69) is 5.32 Å². The number of carbonyl (C=O) groups is 1. The molecule has 0 spiro atoms. The Kier molecular flexibility index (Phi) is 6.41. The van der Waals surface area contributed by atoms with Gasteiger partial charge < -0.3 is 5.32 Å². The van der Waals surface area contributed by atoms with Crippen LogP contribution in [-0.4, -0.2) is 61.2 Å². The number of nitrogens with zero attached hydrogens (tertiary/aromatic N) is 3. The molecule has 3 aromatic carbocycles. The second kappa shape index (κ2) is 9.26. The van der Waals surface area contributed by atoms with E-state index in [0.29, 0.717) is 18.7 Å². The van der Waals surface area contributed by atoms with Gasteiger partial charge in [0.25, 0.3) is 5.69 Å². The van der Waals surface area contributed by atoms with Gasteiger partial charge in [-0.2, -0.15) is 4.31 Å². The van der Waals surface area contributed by atoms with Crippen molar-refractivity contribution in [3.8, 4) is 0 Å². The molecule has 0 bridgehead atoms. The lowest BCUT2D eigenvalue weighted by molar-refractivity contribution is -0.384. The van der Waals surface area contributed by atoms with E-state index >= 15 is 0 Å². The highest BCUT2D eigenvalue weighted by molar-refractivity contribution is 7.89. The van der Waals surface area contributed by atoms with Gasteiger partial charge in [0, 0.05) is 32.2 Å². The van der Waals surface area contributed by atoms with Crippen molar-refractivity contribution < 1.29 is 18.1 Å². The molecule has 1 amide bonds. The van der Waals surface area contributed by atoms with Crippen molar-refractivity contribution >= 4 is 38.1 Å². The molecule has 1 fully saturated rings. The summed E-state index contributed by atoms with van der Waals surface area (Å²) >= 11 is 0. The maximum atomic E-state index is 13.1. The van der Waals surface area contributed by atoms with Crippen LogP contribution in [0, 0.1) is 17.0 Å². The van der Waals surface area contributed by atoms with E-state index in [1.54, 1.807) is 37.3 Å². The van der Waals surface area contributed by atoms with Crippen molar-refractivity contribution in [1.82, 2.24) is 9.21 Å². The monoisotopic (exact) mass is 468 g/mol. The van der Waals surface area contributed by atoms with Gasteiger partial charge in [0.2, 0.25) is 15.9 Å². The average Bonchev–Trinajstić information content (AvgIpc) is 2.80. The van der Waals surface area contributed by atoms with Gasteiger partial charge in [-0.25, -0.2) is 8.42 Å². The third kappa shape index (κ3) is 4.87. The second-order valence-electron chi connectivity index (χ2n) is 7.96. The Hall–Kier alpha value is -3.34. The zero-order valence-corrected chi connectivity index (χ0v) is 18.9. The Morgan fingerprint density at radius 2 is 1.70 bits per heavy atom. The van der Waals surface area contributed by atoms with E-state index in [4.69, 9.17) is 0 Å². The maximum Gasteiger partial charge on any atom is 0.293 e. The Labute approximate surface area is 191 Å². The molecule has 9 nitrogen and oxygen atoms in total. The summed E-state index contributed by atoms with van der Waals surface area (Å²) in [5.41, 5.74) is 0.628. The van der Waals surface area contributed by atoms with Crippen LogP contribution in [0.3, 0.4) is 0 Å². The topological polar surface area (TPSA) is 113 Å². The SMILES string of the molecule is Cc1cccc([N+](=O)[O-])c1NC(=O)CN1CCN(S(=O)(=O)c2ccc3ccccc3c2)CC1. The summed E-state index contributed by atoms with van der Waals surface area (Å²) in [6, 6.07) is 17.3. The minimum absolute atomic E-state index is 0.0232. The largest absolute Gasteiger partial charge is 0.319 e. The van der Waals surface area contributed by atoms with Gasteiger partial charge >= 0.3 is 0 Å². The zero-order chi connectivity index (χ0) is 23.6. The molecule has 4 rings (SSSR count).